The van der Waals surface area contributed by atoms with Gasteiger partial charge in [0.15, 0.2) is 5.11 Å². The summed E-state index contributed by atoms with van der Waals surface area (Å²) in [5.74, 6) is -0.168. The van der Waals surface area contributed by atoms with Crippen LogP contribution in [-0.4, -0.2) is 48.1 Å². The van der Waals surface area contributed by atoms with Crippen LogP contribution in [0.25, 0.3) is 0 Å². The fraction of sp³-hybridized carbons (Fsp3) is 0.562. The molecule has 1 aliphatic heterocycles. The first-order chi connectivity index (χ1) is 10.2. The van der Waals surface area contributed by atoms with Crippen LogP contribution in [0.1, 0.15) is 31.4 Å². The van der Waals surface area contributed by atoms with Gasteiger partial charge in [0.1, 0.15) is 5.82 Å². The Hall–Kier alpha value is -0.910. The highest BCUT2D eigenvalue weighted by molar-refractivity contribution is 7.80. The summed E-state index contributed by atoms with van der Waals surface area (Å²) in [7, 11) is 1.87. The predicted octanol–water partition coefficient (Wildman–Crippen LogP) is 3.21. The van der Waals surface area contributed by atoms with E-state index in [4.69, 9.17) is 12.2 Å². The fourth-order valence-electron chi connectivity index (χ4n) is 2.91. The minimum Gasteiger partial charge on any atom is -0.366 e. The third-order valence-electron chi connectivity index (χ3n) is 4.07. The normalized spacial score (nSPS) is 16.8. The van der Waals surface area contributed by atoms with Crippen LogP contribution in [0.2, 0.25) is 0 Å². The van der Waals surface area contributed by atoms with Gasteiger partial charge in [0.25, 0.3) is 0 Å². The zero-order valence-corrected chi connectivity index (χ0v) is 14.9. The molecule has 1 saturated heterocycles. The minimum absolute atomic E-state index is 0. The third-order valence-corrected chi connectivity index (χ3v) is 4.54. The van der Waals surface area contributed by atoms with Gasteiger partial charge in [-0.1, -0.05) is 25.5 Å². The maximum atomic E-state index is 13.1. The molecule has 0 radical (unpaired) electrons. The van der Waals surface area contributed by atoms with Crippen molar-refractivity contribution < 1.29 is 4.39 Å². The van der Waals surface area contributed by atoms with Crippen LogP contribution in [0.4, 0.5) is 4.39 Å². The molecule has 3 nitrogen and oxygen atoms in total. The Morgan fingerprint density at radius 3 is 2.32 bits per heavy atom. The van der Waals surface area contributed by atoms with Crippen molar-refractivity contribution in [1.82, 2.24) is 15.1 Å². The molecule has 1 atom stereocenters. The van der Waals surface area contributed by atoms with Crippen molar-refractivity contribution in [3.63, 3.8) is 0 Å². The zero-order valence-electron chi connectivity index (χ0n) is 13.2. The molecule has 6 heteroatoms. The standard InChI is InChI=1S/C16H24FN3S.ClH/c1-3-4-15(13-5-7-14(17)8-6-13)19-9-11-20(12-10-19)16(21)18-2;/h5-8,15H,3-4,9-12H2,1-2H3,(H,18,21);1H. The molecule has 1 N–H and O–H groups in total. The van der Waals surface area contributed by atoms with E-state index in [1.54, 1.807) is 12.1 Å². The topological polar surface area (TPSA) is 18.5 Å². The van der Waals surface area contributed by atoms with Gasteiger partial charge in [-0.3, -0.25) is 4.90 Å². The lowest BCUT2D eigenvalue weighted by Gasteiger charge is -2.40. The first-order valence-corrected chi connectivity index (χ1v) is 8.02. The van der Waals surface area contributed by atoms with Crippen LogP contribution in [-0.2, 0) is 0 Å². The Morgan fingerprint density at radius 1 is 1.23 bits per heavy atom. The number of hydrogen-bond acceptors (Lipinski definition) is 2. The number of thiocarbonyl (C=S) groups is 1. The van der Waals surface area contributed by atoms with E-state index < -0.39 is 0 Å². The molecule has 1 fully saturated rings. The van der Waals surface area contributed by atoms with E-state index in [2.05, 4.69) is 22.0 Å². The highest BCUT2D eigenvalue weighted by Gasteiger charge is 2.25. The summed E-state index contributed by atoms with van der Waals surface area (Å²) < 4.78 is 13.1. The average Bonchev–Trinajstić information content (AvgIpc) is 2.53. The molecule has 22 heavy (non-hydrogen) atoms. The largest absolute Gasteiger partial charge is 0.366 e. The van der Waals surface area contributed by atoms with Gasteiger partial charge >= 0.3 is 0 Å². The molecule has 1 aromatic rings. The Bertz CT molecular complexity index is 461. The van der Waals surface area contributed by atoms with Crippen molar-refractivity contribution >= 4 is 29.7 Å². The molecular weight excluding hydrogens is 321 g/mol. The van der Waals surface area contributed by atoms with Gasteiger partial charge in [-0.05, 0) is 36.3 Å². The highest BCUT2D eigenvalue weighted by Crippen LogP contribution is 2.27. The summed E-state index contributed by atoms with van der Waals surface area (Å²) in [5.41, 5.74) is 1.21. The number of piperazine rings is 1. The molecule has 0 saturated carbocycles. The van der Waals surface area contributed by atoms with Crippen molar-refractivity contribution in [3.05, 3.63) is 35.6 Å². The zero-order chi connectivity index (χ0) is 15.2. The second kappa shape index (κ2) is 9.28. The summed E-state index contributed by atoms with van der Waals surface area (Å²) in [6, 6.07) is 7.33. The SMILES string of the molecule is CCCC(c1ccc(F)cc1)N1CCN(C(=S)NC)CC1.Cl. The Morgan fingerprint density at radius 2 is 1.82 bits per heavy atom. The number of nitrogens with zero attached hydrogens (tertiary/aromatic N) is 2. The van der Waals surface area contributed by atoms with Gasteiger partial charge in [-0.25, -0.2) is 4.39 Å². The van der Waals surface area contributed by atoms with Crippen molar-refractivity contribution in [3.8, 4) is 0 Å². The van der Waals surface area contributed by atoms with Gasteiger partial charge in [-0.2, -0.15) is 0 Å². The van der Waals surface area contributed by atoms with Gasteiger partial charge in [0, 0.05) is 39.3 Å². The van der Waals surface area contributed by atoms with E-state index in [0.717, 1.165) is 44.1 Å². The highest BCUT2D eigenvalue weighted by atomic mass is 35.5. The molecule has 0 aliphatic carbocycles. The molecule has 2 rings (SSSR count). The molecule has 124 valence electrons. The van der Waals surface area contributed by atoms with E-state index in [-0.39, 0.29) is 18.2 Å². The quantitative estimate of drug-likeness (QED) is 0.844. The number of hydrogen-bond donors (Lipinski definition) is 1. The summed E-state index contributed by atoms with van der Waals surface area (Å²) >= 11 is 5.29. The lowest BCUT2D eigenvalue weighted by Crippen LogP contribution is -2.51. The van der Waals surface area contributed by atoms with Crippen LogP contribution in [0.3, 0.4) is 0 Å². The molecular formula is C16H25ClFN3S. The molecule has 1 aliphatic rings. The van der Waals surface area contributed by atoms with Crippen molar-refractivity contribution in [1.29, 1.82) is 0 Å². The molecule has 1 unspecified atom stereocenters. The molecule has 1 heterocycles. The summed E-state index contributed by atoms with van der Waals surface area (Å²) in [5, 5.41) is 3.86. The Balaban J connectivity index is 0.00000242. The summed E-state index contributed by atoms with van der Waals surface area (Å²) in [6.07, 6.45) is 2.22. The van der Waals surface area contributed by atoms with Crippen LogP contribution in [0.5, 0.6) is 0 Å². The van der Waals surface area contributed by atoms with Crippen LogP contribution in [0, 0.1) is 5.82 Å². The van der Waals surface area contributed by atoms with E-state index >= 15 is 0 Å². The second-order valence-electron chi connectivity index (χ2n) is 5.43. The fourth-order valence-corrected chi connectivity index (χ4v) is 3.10. The van der Waals surface area contributed by atoms with Crippen LogP contribution < -0.4 is 5.32 Å². The lowest BCUT2D eigenvalue weighted by molar-refractivity contribution is 0.125. The molecule has 0 bridgehead atoms. The second-order valence-corrected chi connectivity index (χ2v) is 5.82. The maximum Gasteiger partial charge on any atom is 0.168 e. The minimum atomic E-state index is -0.168. The van der Waals surface area contributed by atoms with Gasteiger partial charge < -0.3 is 10.2 Å². The number of halogens is 2. The first-order valence-electron chi connectivity index (χ1n) is 7.62. The van der Waals surface area contributed by atoms with E-state index in [9.17, 15) is 4.39 Å². The van der Waals surface area contributed by atoms with Gasteiger partial charge in [0.05, 0.1) is 0 Å². The Kier molecular flexibility index (Phi) is 8.07. The van der Waals surface area contributed by atoms with Crippen LogP contribution in [0.15, 0.2) is 24.3 Å². The van der Waals surface area contributed by atoms with Gasteiger partial charge in [-0.15, -0.1) is 12.4 Å². The van der Waals surface area contributed by atoms with E-state index in [0.29, 0.717) is 6.04 Å². The number of rotatable bonds is 4. The van der Waals surface area contributed by atoms with Crippen molar-refractivity contribution in [2.24, 2.45) is 0 Å². The molecule has 0 aromatic heterocycles. The average molecular weight is 346 g/mol. The van der Waals surface area contributed by atoms with Gasteiger partial charge in [0.2, 0.25) is 0 Å². The number of nitrogens with one attached hydrogen (secondary N) is 1. The Labute approximate surface area is 144 Å². The number of benzene rings is 1. The first kappa shape index (κ1) is 19.1. The van der Waals surface area contributed by atoms with E-state index in [1.165, 1.54) is 5.56 Å². The maximum absolute atomic E-state index is 13.1. The van der Waals surface area contributed by atoms with Crippen LogP contribution >= 0.6 is 24.6 Å². The monoisotopic (exact) mass is 345 g/mol. The summed E-state index contributed by atoms with van der Waals surface area (Å²) in [4.78, 5) is 4.70. The van der Waals surface area contributed by atoms with Crippen molar-refractivity contribution in [2.45, 2.75) is 25.8 Å². The van der Waals surface area contributed by atoms with E-state index in [1.807, 2.05) is 19.2 Å². The molecule has 0 spiro atoms. The third kappa shape index (κ3) is 4.80. The smallest absolute Gasteiger partial charge is 0.168 e. The predicted molar refractivity (Wildman–Crippen MR) is 96.1 cm³/mol. The van der Waals surface area contributed by atoms with Crippen molar-refractivity contribution in [2.75, 3.05) is 33.2 Å². The molecule has 1 aromatic carbocycles. The molecule has 0 amide bonds. The summed E-state index contributed by atoms with van der Waals surface area (Å²) in [6.45, 7) is 6.07. The lowest BCUT2D eigenvalue weighted by atomic mass is 10.00.